The van der Waals surface area contributed by atoms with Gasteiger partial charge in [0.05, 0.1) is 23.4 Å². The van der Waals surface area contributed by atoms with Crippen LogP contribution in [0.4, 0.5) is 5.13 Å². The minimum Gasteiger partial charge on any atom is -0.490 e. The number of unbranched alkanes of at least 4 members (excludes halogenated alkanes) is 1. The van der Waals surface area contributed by atoms with Gasteiger partial charge in [-0.3, -0.25) is 14.9 Å². The molecule has 0 saturated carbocycles. The molecule has 0 radical (unpaired) electrons. The number of carbonyl (C=O) groups excluding carboxylic acids is 2. The van der Waals surface area contributed by atoms with E-state index >= 15 is 0 Å². The summed E-state index contributed by atoms with van der Waals surface area (Å²) in [6.45, 7) is 8.28. The highest BCUT2D eigenvalue weighted by Crippen LogP contribution is 2.31. The summed E-state index contributed by atoms with van der Waals surface area (Å²) < 4.78 is 12.4. The Hall–Kier alpha value is -3.17. The van der Waals surface area contributed by atoms with E-state index in [1.807, 2.05) is 24.0 Å². The number of likely N-dealkylation sites (N-methyl/N-ethyl adjacent to an activating group) is 1. The van der Waals surface area contributed by atoms with E-state index in [9.17, 15) is 9.59 Å². The van der Waals surface area contributed by atoms with E-state index in [-0.39, 0.29) is 11.8 Å². The van der Waals surface area contributed by atoms with Crippen LogP contribution in [-0.2, 0) is 0 Å². The number of aromatic nitrogens is 1. The van der Waals surface area contributed by atoms with Crippen LogP contribution in [0.1, 0.15) is 47.4 Å². The van der Waals surface area contributed by atoms with Crippen LogP contribution in [0.15, 0.2) is 36.4 Å². The molecule has 1 aromatic heterocycles. The Labute approximate surface area is 209 Å². The molecule has 1 aliphatic rings. The number of piperazine rings is 1. The van der Waals surface area contributed by atoms with Gasteiger partial charge in [0, 0.05) is 37.3 Å². The molecule has 1 N–H and O–H groups in total. The summed E-state index contributed by atoms with van der Waals surface area (Å²) in [4.78, 5) is 34.5. The first-order valence-electron chi connectivity index (χ1n) is 12.1. The van der Waals surface area contributed by atoms with Gasteiger partial charge in [0.2, 0.25) is 0 Å². The number of hydrogen-bond donors (Lipinski definition) is 1. The zero-order valence-electron chi connectivity index (χ0n) is 20.5. The van der Waals surface area contributed by atoms with E-state index in [0.717, 1.165) is 49.2 Å². The number of amides is 2. The number of rotatable bonds is 9. The molecule has 35 heavy (non-hydrogen) atoms. The van der Waals surface area contributed by atoms with Gasteiger partial charge in [0.15, 0.2) is 16.6 Å². The topological polar surface area (TPSA) is 84.0 Å². The summed E-state index contributed by atoms with van der Waals surface area (Å²) in [6, 6.07) is 10.7. The highest BCUT2D eigenvalue weighted by atomic mass is 32.1. The molecule has 0 spiro atoms. The van der Waals surface area contributed by atoms with E-state index in [2.05, 4.69) is 29.2 Å². The molecule has 3 aromatic rings. The largest absolute Gasteiger partial charge is 0.490 e. The smallest absolute Gasteiger partial charge is 0.257 e. The molecule has 0 atom stereocenters. The Bertz CT molecular complexity index is 1190. The number of anilines is 1. The van der Waals surface area contributed by atoms with Crippen molar-refractivity contribution in [2.45, 2.75) is 26.7 Å². The SMILES string of the molecule is CCCCOc1ccc(C(=O)Nc2nc3ccc(C(=O)N4CCN(C)CC4)cc3s2)cc1OCC. The number of ether oxygens (including phenoxy) is 2. The highest BCUT2D eigenvalue weighted by molar-refractivity contribution is 7.22. The van der Waals surface area contributed by atoms with Crippen molar-refractivity contribution in [1.82, 2.24) is 14.8 Å². The maximum absolute atomic E-state index is 12.9. The molecule has 1 fully saturated rings. The molecular formula is C26H32N4O4S. The van der Waals surface area contributed by atoms with Gasteiger partial charge >= 0.3 is 0 Å². The Morgan fingerprint density at radius 3 is 2.51 bits per heavy atom. The van der Waals surface area contributed by atoms with Crippen LogP contribution in [0.25, 0.3) is 10.2 Å². The standard InChI is InChI=1S/C26H32N4O4S/c1-4-6-15-34-21-10-8-18(16-22(21)33-5-2)24(31)28-26-27-20-9-7-19(17-23(20)35-26)25(32)30-13-11-29(3)12-14-30/h7-10,16-17H,4-6,11-15H2,1-3H3,(H,27,28,31). The van der Waals surface area contributed by atoms with E-state index in [0.29, 0.717) is 41.0 Å². The molecule has 0 unspecified atom stereocenters. The summed E-state index contributed by atoms with van der Waals surface area (Å²) in [5.41, 5.74) is 1.85. The molecule has 8 nitrogen and oxygen atoms in total. The van der Waals surface area contributed by atoms with E-state index < -0.39 is 0 Å². The normalized spacial score (nSPS) is 14.2. The van der Waals surface area contributed by atoms with Crippen LogP contribution >= 0.6 is 11.3 Å². The Balaban J connectivity index is 1.46. The van der Waals surface area contributed by atoms with Crippen LogP contribution in [0.3, 0.4) is 0 Å². The van der Waals surface area contributed by atoms with Gasteiger partial charge in [-0.1, -0.05) is 24.7 Å². The van der Waals surface area contributed by atoms with Gasteiger partial charge in [0.25, 0.3) is 11.8 Å². The second-order valence-corrected chi connectivity index (χ2v) is 9.58. The van der Waals surface area contributed by atoms with Crippen molar-refractivity contribution in [3.63, 3.8) is 0 Å². The van der Waals surface area contributed by atoms with Crippen molar-refractivity contribution < 1.29 is 19.1 Å². The first-order valence-corrected chi connectivity index (χ1v) is 12.9. The first-order chi connectivity index (χ1) is 17.0. The van der Waals surface area contributed by atoms with Crippen LogP contribution in [0.2, 0.25) is 0 Å². The maximum Gasteiger partial charge on any atom is 0.257 e. The lowest BCUT2D eigenvalue weighted by atomic mass is 10.1. The summed E-state index contributed by atoms with van der Waals surface area (Å²) in [6.07, 6.45) is 1.99. The zero-order chi connectivity index (χ0) is 24.8. The van der Waals surface area contributed by atoms with Crippen LogP contribution < -0.4 is 14.8 Å². The number of benzene rings is 2. The molecule has 2 amide bonds. The summed E-state index contributed by atoms with van der Waals surface area (Å²) >= 11 is 1.35. The average molecular weight is 497 g/mol. The van der Waals surface area contributed by atoms with Crippen molar-refractivity contribution in [2.24, 2.45) is 0 Å². The molecular weight excluding hydrogens is 464 g/mol. The number of fused-ring (bicyclic) bond motifs is 1. The monoisotopic (exact) mass is 496 g/mol. The second kappa shape index (κ2) is 11.5. The predicted molar refractivity (Wildman–Crippen MR) is 139 cm³/mol. The van der Waals surface area contributed by atoms with Gasteiger partial charge in [-0.2, -0.15) is 0 Å². The minimum atomic E-state index is -0.279. The molecule has 0 aliphatic carbocycles. The number of nitrogens with one attached hydrogen (secondary N) is 1. The van der Waals surface area contributed by atoms with Gasteiger partial charge in [0.1, 0.15) is 0 Å². The quantitative estimate of drug-likeness (QED) is 0.439. The van der Waals surface area contributed by atoms with Gasteiger partial charge in [-0.15, -0.1) is 0 Å². The van der Waals surface area contributed by atoms with Gasteiger partial charge in [-0.25, -0.2) is 4.98 Å². The Kier molecular flexibility index (Phi) is 8.20. The lowest BCUT2D eigenvalue weighted by molar-refractivity contribution is 0.0664. The number of nitrogens with zero attached hydrogens (tertiary/aromatic N) is 3. The van der Waals surface area contributed by atoms with Gasteiger partial charge < -0.3 is 19.3 Å². The zero-order valence-corrected chi connectivity index (χ0v) is 21.3. The fraction of sp³-hybridized carbons (Fsp3) is 0.423. The second-order valence-electron chi connectivity index (χ2n) is 8.55. The van der Waals surface area contributed by atoms with Crippen molar-refractivity contribution in [3.8, 4) is 11.5 Å². The summed E-state index contributed by atoms with van der Waals surface area (Å²) in [7, 11) is 2.06. The van der Waals surface area contributed by atoms with E-state index in [1.54, 1.807) is 24.3 Å². The van der Waals surface area contributed by atoms with Gasteiger partial charge in [-0.05, 0) is 56.8 Å². The molecule has 2 aromatic carbocycles. The maximum atomic E-state index is 12.9. The molecule has 1 saturated heterocycles. The third-order valence-corrected chi connectivity index (χ3v) is 6.84. The molecule has 186 valence electrons. The molecule has 2 heterocycles. The molecule has 9 heteroatoms. The lowest BCUT2D eigenvalue weighted by Crippen LogP contribution is -2.47. The lowest BCUT2D eigenvalue weighted by Gasteiger charge is -2.32. The predicted octanol–water partition coefficient (Wildman–Crippen LogP) is 4.51. The average Bonchev–Trinajstić information content (AvgIpc) is 3.26. The number of thiazole rings is 1. The van der Waals surface area contributed by atoms with Crippen molar-refractivity contribution in [2.75, 3.05) is 51.8 Å². The highest BCUT2D eigenvalue weighted by Gasteiger charge is 2.21. The van der Waals surface area contributed by atoms with Crippen molar-refractivity contribution in [3.05, 3.63) is 47.5 Å². The Morgan fingerprint density at radius 2 is 1.77 bits per heavy atom. The summed E-state index contributed by atoms with van der Waals surface area (Å²) in [5.74, 6) is 0.935. The third-order valence-electron chi connectivity index (χ3n) is 5.91. The summed E-state index contributed by atoms with van der Waals surface area (Å²) in [5, 5.41) is 3.36. The van der Waals surface area contributed by atoms with Crippen molar-refractivity contribution in [1.29, 1.82) is 0 Å². The fourth-order valence-electron chi connectivity index (χ4n) is 3.84. The van der Waals surface area contributed by atoms with Crippen LogP contribution in [0.5, 0.6) is 11.5 Å². The molecule has 4 rings (SSSR count). The van der Waals surface area contributed by atoms with E-state index in [1.165, 1.54) is 11.3 Å². The number of carbonyl (C=O) groups is 2. The Morgan fingerprint density at radius 1 is 1.00 bits per heavy atom. The van der Waals surface area contributed by atoms with Crippen LogP contribution in [0, 0.1) is 0 Å². The first kappa shape index (κ1) is 24.9. The minimum absolute atomic E-state index is 0.0312. The molecule has 0 bridgehead atoms. The molecule has 1 aliphatic heterocycles. The fourth-order valence-corrected chi connectivity index (χ4v) is 4.74. The van der Waals surface area contributed by atoms with E-state index in [4.69, 9.17) is 9.47 Å². The van der Waals surface area contributed by atoms with Crippen LogP contribution in [-0.4, -0.2) is 73.0 Å². The number of hydrogen-bond acceptors (Lipinski definition) is 7. The van der Waals surface area contributed by atoms with Crippen molar-refractivity contribution >= 4 is 38.5 Å². The third kappa shape index (κ3) is 6.10.